The molecular formula is C20H32ClN3O3+2. The summed E-state index contributed by atoms with van der Waals surface area (Å²) in [6, 6.07) is 7.44. The molecule has 0 aliphatic carbocycles. The summed E-state index contributed by atoms with van der Waals surface area (Å²) in [6.45, 7) is 9.28. The Morgan fingerprint density at radius 3 is 2.30 bits per heavy atom. The summed E-state index contributed by atoms with van der Waals surface area (Å²) in [5.74, 6) is -0.399. The molecular weight excluding hydrogens is 366 g/mol. The quantitative estimate of drug-likeness (QED) is 0.510. The van der Waals surface area contributed by atoms with Crippen LogP contribution in [-0.2, 0) is 20.9 Å². The molecule has 1 saturated heterocycles. The number of esters is 1. The number of amides is 1. The topological polar surface area (TPSA) is 64.3 Å². The molecule has 1 aliphatic rings. The number of benzene rings is 1. The van der Waals surface area contributed by atoms with Gasteiger partial charge in [0, 0.05) is 10.6 Å². The molecule has 0 bridgehead atoms. The van der Waals surface area contributed by atoms with Crippen LogP contribution >= 0.6 is 11.6 Å². The van der Waals surface area contributed by atoms with E-state index in [0.29, 0.717) is 6.54 Å². The standard InChI is InChI=1S/C20H30ClN3O3/c1-4-15(2)19(20(26)27-3)22-18(25)14-24-11-9-23(10-12-24)13-16-5-7-17(21)8-6-16/h5-8,15,19H,4,9-14H2,1-3H3,(H,22,25)/p+2/t15-,19+/m0/s1. The van der Waals surface area contributed by atoms with E-state index in [1.807, 2.05) is 26.0 Å². The lowest BCUT2D eigenvalue weighted by Gasteiger charge is -2.30. The minimum Gasteiger partial charge on any atom is -0.467 e. The van der Waals surface area contributed by atoms with Gasteiger partial charge in [-0.3, -0.25) is 4.79 Å². The van der Waals surface area contributed by atoms with Crippen molar-refractivity contribution in [1.82, 2.24) is 5.32 Å². The Labute approximate surface area is 166 Å². The molecule has 6 nitrogen and oxygen atoms in total. The summed E-state index contributed by atoms with van der Waals surface area (Å²) < 4.78 is 4.83. The lowest BCUT2D eigenvalue weighted by molar-refractivity contribution is -1.02. The average Bonchev–Trinajstić information content (AvgIpc) is 2.68. The maximum absolute atomic E-state index is 12.4. The summed E-state index contributed by atoms with van der Waals surface area (Å²) in [5, 5.41) is 3.63. The normalized spacial score (nSPS) is 21.9. The van der Waals surface area contributed by atoms with Crippen LogP contribution in [0.5, 0.6) is 0 Å². The van der Waals surface area contributed by atoms with E-state index in [1.54, 1.807) is 0 Å². The van der Waals surface area contributed by atoms with E-state index in [9.17, 15) is 9.59 Å². The second kappa shape index (κ2) is 10.6. The first-order chi connectivity index (χ1) is 12.9. The van der Waals surface area contributed by atoms with Crippen molar-refractivity contribution in [1.29, 1.82) is 0 Å². The summed E-state index contributed by atoms with van der Waals surface area (Å²) in [6.07, 6.45) is 0.805. The van der Waals surface area contributed by atoms with E-state index in [0.717, 1.165) is 44.2 Å². The van der Waals surface area contributed by atoms with Crippen molar-refractivity contribution in [2.45, 2.75) is 32.9 Å². The molecule has 1 amide bonds. The van der Waals surface area contributed by atoms with Crippen LogP contribution < -0.4 is 15.1 Å². The van der Waals surface area contributed by atoms with Crippen molar-refractivity contribution in [3.63, 3.8) is 0 Å². The first kappa shape index (κ1) is 21.7. The molecule has 3 N–H and O–H groups in total. The van der Waals surface area contributed by atoms with Crippen LogP contribution in [0, 0.1) is 5.92 Å². The Morgan fingerprint density at radius 2 is 1.74 bits per heavy atom. The zero-order chi connectivity index (χ0) is 19.8. The van der Waals surface area contributed by atoms with Crippen LogP contribution in [0.4, 0.5) is 0 Å². The van der Waals surface area contributed by atoms with Crippen LogP contribution in [0.15, 0.2) is 24.3 Å². The van der Waals surface area contributed by atoms with Gasteiger partial charge < -0.3 is 19.9 Å². The third-order valence-corrected chi connectivity index (χ3v) is 5.68. The monoisotopic (exact) mass is 397 g/mol. The van der Waals surface area contributed by atoms with Gasteiger partial charge in [-0.15, -0.1) is 0 Å². The molecule has 2 atom stereocenters. The van der Waals surface area contributed by atoms with Crippen molar-refractivity contribution in [3.05, 3.63) is 34.9 Å². The number of nitrogens with one attached hydrogen (secondary N) is 3. The van der Waals surface area contributed by atoms with Gasteiger partial charge in [-0.05, 0) is 18.1 Å². The summed E-state index contributed by atoms with van der Waals surface area (Å²) in [4.78, 5) is 27.1. The molecule has 0 unspecified atom stereocenters. The molecule has 7 heteroatoms. The average molecular weight is 398 g/mol. The third-order valence-electron chi connectivity index (χ3n) is 5.43. The second-order valence-electron chi connectivity index (χ2n) is 7.43. The van der Waals surface area contributed by atoms with Crippen molar-refractivity contribution in [3.8, 4) is 0 Å². The van der Waals surface area contributed by atoms with Gasteiger partial charge in [-0.1, -0.05) is 44.0 Å². The molecule has 1 aromatic carbocycles. The number of carbonyl (C=O) groups excluding carboxylic acids is 2. The van der Waals surface area contributed by atoms with Gasteiger partial charge in [0.25, 0.3) is 5.91 Å². The number of halogens is 1. The highest BCUT2D eigenvalue weighted by Gasteiger charge is 2.30. The number of methoxy groups -OCH3 is 1. The van der Waals surface area contributed by atoms with E-state index < -0.39 is 6.04 Å². The fraction of sp³-hybridized carbons (Fsp3) is 0.600. The summed E-state index contributed by atoms with van der Waals surface area (Å²) in [7, 11) is 1.36. The van der Waals surface area contributed by atoms with Crippen molar-refractivity contribution < 1.29 is 24.1 Å². The van der Waals surface area contributed by atoms with Crippen LogP contribution in [-0.4, -0.2) is 57.8 Å². The number of hydrogen-bond donors (Lipinski definition) is 3. The van der Waals surface area contributed by atoms with Crippen molar-refractivity contribution in [2.24, 2.45) is 5.92 Å². The fourth-order valence-electron chi connectivity index (χ4n) is 3.45. The van der Waals surface area contributed by atoms with Gasteiger partial charge in [0.2, 0.25) is 0 Å². The Kier molecular flexibility index (Phi) is 8.54. The predicted molar refractivity (Wildman–Crippen MR) is 105 cm³/mol. The van der Waals surface area contributed by atoms with Gasteiger partial charge in [0.15, 0.2) is 6.54 Å². The number of quaternary nitrogens is 2. The lowest BCUT2D eigenvalue weighted by atomic mass is 9.99. The molecule has 0 spiro atoms. The molecule has 150 valence electrons. The molecule has 1 aromatic rings. The minimum atomic E-state index is -0.566. The summed E-state index contributed by atoms with van der Waals surface area (Å²) >= 11 is 5.94. The molecule has 0 aromatic heterocycles. The maximum Gasteiger partial charge on any atom is 0.328 e. The van der Waals surface area contributed by atoms with Crippen molar-refractivity contribution >= 4 is 23.5 Å². The van der Waals surface area contributed by atoms with E-state index >= 15 is 0 Å². The Balaban J connectivity index is 1.77. The molecule has 1 heterocycles. The molecule has 0 saturated carbocycles. The first-order valence-electron chi connectivity index (χ1n) is 9.71. The van der Waals surface area contributed by atoms with Gasteiger partial charge in [-0.2, -0.15) is 0 Å². The Bertz CT molecular complexity index is 615. The van der Waals surface area contributed by atoms with Crippen LogP contribution in [0.3, 0.4) is 0 Å². The van der Waals surface area contributed by atoms with E-state index in [-0.39, 0.29) is 17.8 Å². The first-order valence-corrected chi connectivity index (χ1v) is 10.1. The highest BCUT2D eigenvalue weighted by molar-refractivity contribution is 6.30. The SMILES string of the molecule is CC[C@H](C)[C@@H](NC(=O)C[NH+]1CC[NH+](Cc2ccc(Cl)cc2)CC1)C(=O)OC. The fourth-order valence-corrected chi connectivity index (χ4v) is 3.58. The zero-order valence-electron chi connectivity index (χ0n) is 16.5. The van der Waals surface area contributed by atoms with Gasteiger partial charge in [0.05, 0.1) is 7.11 Å². The molecule has 2 rings (SSSR count). The highest BCUT2D eigenvalue weighted by Crippen LogP contribution is 2.09. The van der Waals surface area contributed by atoms with Gasteiger partial charge in [0.1, 0.15) is 38.8 Å². The van der Waals surface area contributed by atoms with Crippen LogP contribution in [0.1, 0.15) is 25.8 Å². The van der Waals surface area contributed by atoms with Gasteiger partial charge in [-0.25, -0.2) is 4.79 Å². The van der Waals surface area contributed by atoms with Crippen LogP contribution in [0.25, 0.3) is 0 Å². The Hall–Kier alpha value is -1.63. The third kappa shape index (κ3) is 6.79. The smallest absolute Gasteiger partial charge is 0.328 e. The van der Waals surface area contributed by atoms with Crippen LogP contribution in [0.2, 0.25) is 5.02 Å². The number of ether oxygens (including phenoxy) is 1. The lowest BCUT2D eigenvalue weighted by Crippen LogP contribution is -3.28. The van der Waals surface area contributed by atoms with Gasteiger partial charge >= 0.3 is 5.97 Å². The van der Waals surface area contributed by atoms with E-state index in [1.165, 1.54) is 22.5 Å². The predicted octanol–water partition coefficient (Wildman–Crippen LogP) is -0.673. The number of rotatable bonds is 8. The molecule has 1 fully saturated rings. The van der Waals surface area contributed by atoms with E-state index in [4.69, 9.17) is 16.3 Å². The highest BCUT2D eigenvalue weighted by atomic mass is 35.5. The largest absolute Gasteiger partial charge is 0.467 e. The Morgan fingerprint density at radius 1 is 1.15 bits per heavy atom. The molecule has 0 radical (unpaired) electrons. The molecule has 1 aliphatic heterocycles. The second-order valence-corrected chi connectivity index (χ2v) is 7.87. The van der Waals surface area contributed by atoms with Crippen molar-refractivity contribution in [2.75, 3.05) is 39.8 Å². The molecule has 27 heavy (non-hydrogen) atoms. The number of carbonyl (C=O) groups is 2. The van der Waals surface area contributed by atoms with E-state index in [2.05, 4.69) is 17.4 Å². The zero-order valence-corrected chi connectivity index (χ0v) is 17.3. The number of hydrogen-bond acceptors (Lipinski definition) is 3. The minimum absolute atomic E-state index is 0.0528. The number of piperazine rings is 1. The summed E-state index contributed by atoms with van der Waals surface area (Å²) in [5.41, 5.74) is 1.28. The maximum atomic E-state index is 12.4.